The van der Waals surface area contributed by atoms with Crippen LogP contribution in [0.1, 0.15) is 37.8 Å². The van der Waals surface area contributed by atoms with Crippen LogP contribution in [-0.2, 0) is 6.42 Å². The number of fused-ring (bicyclic) bond motifs is 1. The predicted molar refractivity (Wildman–Crippen MR) is 110 cm³/mol. The SMILES string of the molecule is c1ccc2c(c1)c(CCC1CCCC1)nn2-c1ncc(-c2ccncc2)cn1. The molecule has 1 aliphatic carbocycles. The maximum Gasteiger partial charge on any atom is 0.251 e. The van der Waals surface area contributed by atoms with Crippen molar-refractivity contribution < 1.29 is 0 Å². The first-order valence-electron chi connectivity index (χ1n) is 10.1. The topological polar surface area (TPSA) is 56.5 Å². The van der Waals surface area contributed by atoms with Gasteiger partial charge in [0.1, 0.15) is 0 Å². The molecule has 1 saturated carbocycles. The van der Waals surface area contributed by atoms with Crippen molar-refractivity contribution in [2.45, 2.75) is 38.5 Å². The molecule has 5 nitrogen and oxygen atoms in total. The van der Waals surface area contributed by atoms with Gasteiger partial charge in [0, 0.05) is 35.7 Å². The first-order chi connectivity index (χ1) is 13.9. The van der Waals surface area contributed by atoms with E-state index in [-0.39, 0.29) is 0 Å². The maximum absolute atomic E-state index is 4.90. The van der Waals surface area contributed by atoms with Crippen molar-refractivity contribution >= 4 is 10.9 Å². The summed E-state index contributed by atoms with van der Waals surface area (Å²) in [6.45, 7) is 0. The molecule has 0 amide bonds. The van der Waals surface area contributed by atoms with E-state index in [9.17, 15) is 0 Å². The van der Waals surface area contributed by atoms with E-state index in [4.69, 9.17) is 5.10 Å². The molecule has 1 fully saturated rings. The molecule has 140 valence electrons. The first-order valence-corrected chi connectivity index (χ1v) is 10.1. The van der Waals surface area contributed by atoms with Crippen LogP contribution in [0.3, 0.4) is 0 Å². The van der Waals surface area contributed by atoms with Gasteiger partial charge in [-0.1, -0.05) is 43.9 Å². The summed E-state index contributed by atoms with van der Waals surface area (Å²) in [7, 11) is 0. The van der Waals surface area contributed by atoms with Gasteiger partial charge in [0.2, 0.25) is 0 Å². The molecule has 0 spiro atoms. The number of hydrogen-bond acceptors (Lipinski definition) is 4. The molecule has 0 bridgehead atoms. The maximum atomic E-state index is 4.90. The molecule has 0 radical (unpaired) electrons. The molecule has 0 N–H and O–H groups in total. The summed E-state index contributed by atoms with van der Waals surface area (Å²) >= 11 is 0. The van der Waals surface area contributed by atoms with Gasteiger partial charge in [-0.2, -0.15) is 9.78 Å². The summed E-state index contributed by atoms with van der Waals surface area (Å²) in [6, 6.07) is 12.3. The van der Waals surface area contributed by atoms with Crippen molar-refractivity contribution in [3.8, 4) is 17.1 Å². The molecule has 3 aromatic heterocycles. The lowest BCUT2D eigenvalue weighted by atomic mass is 9.99. The quantitative estimate of drug-likeness (QED) is 0.497. The fraction of sp³-hybridized carbons (Fsp3) is 0.304. The molecule has 4 aromatic rings. The van der Waals surface area contributed by atoms with E-state index < -0.39 is 0 Å². The summed E-state index contributed by atoms with van der Waals surface area (Å²) in [5.41, 5.74) is 4.26. The lowest BCUT2D eigenvalue weighted by Gasteiger charge is -2.06. The molecule has 5 rings (SSSR count). The minimum atomic E-state index is 0.612. The second kappa shape index (κ2) is 7.50. The Morgan fingerprint density at radius 3 is 2.43 bits per heavy atom. The second-order valence-electron chi connectivity index (χ2n) is 7.57. The minimum absolute atomic E-state index is 0.612. The van der Waals surface area contributed by atoms with Crippen LogP contribution in [0.25, 0.3) is 28.0 Å². The lowest BCUT2D eigenvalue weighted by molar-refractivity contribution is 0.500. The molecule has 0 aliphatic heterocycles. The molecular weight excluding hydrogens is 346 g/mol. The number of aromatic nitrogens is 5. The van der Waals surface area contributed by atoms with Crippen LogP contribution < -0.4 is 0 Å². The van der Waals surface area contributed by atoms with E-state index in [0.29, 0.717) is 5.95 Å². The van der Waals surface area contributed by atoms with E-state index >= 15 is 0 Å². The van der Waals surface area contributed by atoms with E-state index in [1.807, 2.05) is 35.3 Å². The van der Waals surface area contributed by atoms with Gasteiger partial charge >= 0.3 is 0 Å². The molecule has 1 aromatic carbocycles. The van der Waals surface area contributed by atoms with Crippen LogP contribution in [-0.4, -0.2) is 24.7 Å². The van der Waals surface area contributed by atoms with Gasteiger partial charge in [-0.25, -0.2) is 9.97 Å². The molecule has 1 aliphatic rings. The highest BCUT2D eigenvalue weighted by molar-refractivity contribution is 5.83. The number of para-hydroxylation sites is 1. The van der Waals surface area contributed by atoms with Crippen LogP contribution in [0.2, 0.25) is 0 Å². The zero-order chi connectivity index (χ0) is 18.8. The lowest BCUT2D eigenvalue weighted by Crippen LogP contribution is -2.04. The monoisotopic (exact) mass is 369 g/mol. The average molecular weight is 369 g/mol. The fourth-order valence-electron chi connectivity index (χ4n) is 4.23. The van der Waals surface area contributed by atoms with E-state index in [2.05, 4.69) is 33.2 Å². The Bertz CT molecular complexity index is 1060. The van der Waals surface area contributed by atoms with Gasteiger partial charge in [0.15, 0.2) is 0 Å². The van der Waals surface area contributed by atoms with Gasteiger partial charge in [0.05, 0.1) is 11.2 Å². The predicted octanol–water partition coefficient (Wildman–Crippen LogP) is 5.00. The second-order valence-corrected chi connectivity index (χ2v) is 7.57. The molecular formula is C23H23N5. The number of hydrogen-bond donors (Lipinski definition) is 0. The number of nitrogens with zero attached hydrogens (tertiary/aromatic N) is 5. The highest BCUT2D eigenvalue weighted by Gasteiger charge is 2.18. The Morgan fingerprint density at radius 1 is 0.893 bits per heavy atom. The largest absolute Gasteiger partial charge is 0.265 e. The van der Waals surface area contributed by atoms with Crippen LogP contribution in [0.15, 0.2) is 61.2 Å². The smallest absolute Gasteiger partial charge is 0.251 e. The Labute approximate surface area is 164 Å². The Kier molecular flexibility index (Phi) is 4.57. The van der Waals surface area contributed by atoms with Crippen molar-refractivity contribution in [2.24, 2.45) is 5.92 Å². The van der Waals surface area contributed by atoms with E-state index in [0.717, 1.165) is 34.7 Å². The Balaban J connectivity index is 1.46. The minimum Gasteiger partial charge on any atom is -0.265 e. The molecule has 0 atom stereocenters. The summed E-state index contributed by atoms with van der Waals surface area (Å²) in [6.07, 6.45) is 15.0. The summed E-state index contributed by atoms with van der Waals surface area (Å²) in [5.74, 6) is 1.47. The zero-order valence-electron chi connectivity index (χ0n) is 15.8. The molecule has 3 heterocycles. The van der Waals surface area contributed by atoms with Crippen LogP contribution in [0, 0.1) is 5.92 Å². The Morgan fingerprint density at radius 2 is 1.64 bits per heavy atom. The van der Waals surface area contributed by atoms with Gasteiger partial charge in [-0.15, -0.1) is 0 Å². The van der Waals surface area contributed by atoms with Crippen molar-refractivity contribution in [3.05, 3.63) is 66.9 Å². The normalized spacial score (nSPS) is 14.7. The van der Waals surface area contributed by atoms with Gasteiger partial charge < -0.3 is 0 Å². The first kappa shape index (κ1) is 17.0. The third kappa shape index (κ3) is 3.28. The van der Waals surface area contributed by atoms with Gasteiger partial charge in [0.25, 0.3) is 5.95 Å². The van der Waals surface area contributed by atoms with Gasteiger partial charge in [-0.3, -0.25) is 4.98 Å². The van der Waals surface area contributed by atoms with Crippen LogP contribution in [0.4, 0.5) is 0 Å². The third-order valence-electron chi connectivity index (χ3n) is 5.77. The number of rotatable bonds is 5. The van der Waals surface area contributed by atoms with Crippen molar-refractivity contribution in [1.82, 2.24) is 24.7 Å². The third-order valence-corrected chi connectivity index (χ3v) is 5.77. The Hall–Kier alpha value is -3.08. The summed E-state index contributed by atoms with van der Waals surface area (Å²) in [5, 5.41) is 6.12. The highest BCUT2D eigenvalue weighted by Crippen LogP contribution is 2.30. The number of aryl methyl sites for hydroxylation is 1. The molecule has 0 saturated heterocycles. The summed E-state index contributed by atoms with van der Waals surface area (Å²) in [4.78, 5) is 13.3. The van der Waals surface area contributed by atoms with Crippen molar-refractivity contribution in [3.63, 3.8) is 0 Å². The fourth-order valence-corrected chi connectivity index (χ4v) is 4.23. The molecule has 5 heteroatoms. The van der Waals surface area contributed by atoms with Gasteiger partial charge in [-0.05, 0) is 42.5 Å². The average Bonchev–Trinajstić information content (AvgIpc) is 3.41. The molecule has 0 unspecified atom stereocenters. The van der Waals surface area contributed by atoms with Crippen LogP contribution >= 0.6 is 0 Å². The summed E-state index contributed by atoms with van der Waals surface area (Å²) < 4.78 is 1.88. The number of pyridine rings is 1. The molecule has 28 heavy (non-hydrogen) atoms. The number of benzene rings is 1. The van der Waals surface area contributed by atoms with Crippen LogP contribution in [0.5, 0.6) is 0 Å². The van der Waals surface area contributed by atoms with E-state index in [1.54, 1.807) is 12.4 Å². The van der Waals surface area contributed by atoms with Crippen molar-refractivity contribution in [1.29, 1.82) is 0 Å². The zero-order valence-corrected chi connectivity index (χ0v) is 15.8. The van der Waals surface area contributed by atoms with E-state index in [1.165, 1.54) is 37.5 Å². The highest BCUT2D eigenvalue weighted by atomic mass is 15.3. The standard InChI is InChI=1S/C23H23N5/c1-2-6-17(5-1)9-10-21-20-7-3-4-8-22(20)28(27-21)23-25-15-19(16-26-23)18-11-13-24-14-12-18/h3-4,7-8,11-17H,1-2,5-6,9-10H2. The van der Waals surface area contributed by atoms with Crippen molar-refractivity contribution in [2.75, 3.05) is 0 Å².